The monoisotopic (exact) mass is 358 g/mol. The summed E-state index contributed by atoms with van der Waals surface area (Å²) in [6.45, 7) is 9.48. The van der Waals surface area contributed by atoms with E-state index in [0.29, 0.717) is 13.1 Å². The number of aliphatic hydroxyl groups excluding tert-OH is 1. The van der Waals surface area contributed by atoms with E-state index >= 15 is 0 Å². The van der Waals surface area contributed by atoms with Gasteiger partial charge in [0.2, 0.25) is 0 Å². The third-order valence-electron chi connectivity index (χ3n) is 4.85. The molecule has 0 bridgehead atoms. The highest BCUT2D eigenvalue weighted by Crippen LogP contribution is 2.28. The first kappa shape index (κ1) is 18.9. The largest absolute Gasteiger partial charge is 0.497 e. The zero-order chi connectivity index (χ0) is 18.7. The number of aromatic nitrogens is 2. The van der Waals surface area contributed by atoms with Gasteiger partial charge in [0.15, 0.2) is 0 Å². The predicted octanol–water partition coefficient (Wildman–Crippen LogP) is 1.98. The van der Waals surface area contributed by atoms with Gasteiger partial charge in [0.05, 0.1) is 24.4 Å². The van der Waals surface area contributed by atoms with Crippen molar-refractivity contribution < 1.29 is 9.84 Å². The minimum absolute atomic E-state index is 0.0859. The number of nitrogens with one attached hydrogen (secondary N) is 2. The number of hydrogen-bond acceptors (Lipinski definition) is 5. The van der Waals surface area contributed by atoms with Gasteiger partial charge in [-0.15, -0.1) is 0 Å². The average molecular weight is 358 g/mol. The van der Waals surface area contributed by atoms with Crippen molar-refractivity contribution in [3.63, 3.8) is 0 Å². The summed E-state index contributed by atoms with van der Waals surface area (Å²) in [7, 11) is 1.68. The van der Waals surface area contributed by atoms with Crippen LogP contribution in [0.2, 0.25) is 0 Å². The lowest BCUT2D eigenvalue weighted by atomic mass is 10.1. The second-order valence-electron chi connectivity index (χ2n) is 7.97. The number of methoxy groups -OCH3 is 1. The quantitative estimate of drug-likeness (QED) is 0.737. The van der Waals surface area contributed by atoms with E-state index in [9.17, 15) is 5.11 Å². The zero-order valence-electron chi connectivity index (χ0n) is 16.1. The predicted molar refractivity (Wildman–Crippen MR) is 103 cm³/mol. The van der Waals surface area contributed by atoms with E-state index in [1.54, 1.807) is 7.11 Å². The summed E-state index contributed by atoms with van der Waals surface area (Å²) in [4.78, 5) is 0. The molecule has 1 aromatic heterocycles. The molecular formula is C20H30N4O2. The smallest absolute Gasteiger partial charge is 0.119 e. The summed E-state index contributed by atoms with van der Waals surface area (Å²) in [5.74, 6) is 1.08. The lowest BCUT2D eigenvalue weighted by molar-refractivity contribution is 0.146. The van der Waals surface area contributed by atoms with Crippen LogP contribution >= 0.6 is 0 Å². The van der Waals surface area contributed by atoms with Gasteiger partial charge in [0, 0.05) is 49.4 Å². The first-order valence-corrected chi connectivity index (χ1v) is 9.21. The van der Waals surface area contributed by atoms with Gasteiger partial charge in [0.1, 0.15) is 5.75 Å². The van der Waals surface area contributed by atoms with Crippen molar-refractivity contribution in [3.05, 3.63) is 36.0 Å². The summed E-state index contributed by atoms with van der Waals surface area (Å²) < 4.78 is 7.38. The molecule has 6 heteroatoms. The average Bonchev–Trinajstić information content (AvgIpc) is 3.21. The summed E-state index contributed by atoms with van der Waals surface area (Å²) in [6.07, 6.45) is 1.85. The fourth-order valence-corrected chi connectivity index (χ4v) is 3.22. The molecule has 142 valence electrons. The van der Waals surface area contributed by atoms with Crippen LogP contribution in [0.1, 0.15) is 26.3 Å². The van der Waals surface area contributed by atoms with Crippen molar-refractivity contribution in [1.82, 2.24) is 20.4 Å². The number of β-amino-alcohol motifs (C(OH)–C–C–N with tert-alkyl or cyclic N) is 1. The van der Waals surface area contributed by atoms with Gasteiger partial charge in [-0.1, -0.05) is 12.1 Å². The molecule has 1 saturated heterocycles. The van der Waals surface area contributed by atoms with Crippen LogP contribution in [0, 0.1) is 5.92 Å². The Hall–Kier alpha value is -1.89. The Morgan fingerprint density at radius 1 is 1.35 bits per heavy atom. The lowest BCUT2D eigenvalue weighted by Gasteiger charge is -2.19. The Bertz CT molecular complexity index is 736. The Kier molecular flexibility index (Phi) is 5.65. The summed E-state index contributed by atoms with van der Waals surface area (Å²) in [5.41, 5.74) is 3.08. The molecule has 3 N–H and O–H groups in total. The van der Waals surface area contributed by atoms with E-state index in [1.807, 2.05) is 22.9 Å². The van der Waals surface area contributed by atoms with E-state index < -0.39 is 0 Å². The van der Waals surface area contributed by atoms with Crippen LogP contribution in [0.4, 0.5) is 0 Å². The maximum Gasteiger partial charge on any atom is 0.119 e. The highest BCUT2D eigenvalue weighted by molar-refractivity contribution is 5.64. The highest BCUT2D eigenvalue weighted by atomic mass is 16.5. The fourth-order valence-electron chi connectivity index (χ4n) is 3.22. The van der Waals surface area contributed by atoms with Gasteiger partial charge < -0.3 is 20.5 Å². The topological polar surface area (TPSA) is 71.3 Å². The molecule has 1 fully saturated rings. The number of ether oxygens (including phenoxy) is 1. The Labute approximate surface area is 155 Å². The Balaban J connectivity index is 1.81. The maximum absolute atomic E-state index is 9.95. The lowest BCUT2D eigenvalue weighted by Crippen LogP contribution is -2.30. The van der Waals surface area contributed by atoms with Crippen LogP contribution in [-0.4, -0.2) is 47.7 Å². The van der Waals surface area contributed by atoms with Crippen molar-refractivity contribution in [3.8, 4) is 17.0 Å². The van der Waals surface area contributed by atoms with Crippen molar-refractivity contribution in [2.24, 2.45) is 5.92 Å². The zero-order valence-corrected chi connectivity index (χ0v) is 16.1. The first-order valence-electron chi connectivity index (χ1n) is 9.21. The van der Waals surface area contributed by atoms with Crippen LogP contribution in [0.15, 0.2) is 30.5 Å². The molecule has 2 atom stereocenters. The molecule has 0 spiro atoms. The van der Waals surface area contributed by atoms with Gasteiger partial charge in [0.25, 0.3) is 0 Å². The number of nitrogens with zero attached hydrogens (tertiary/aromatic N) is 2. The molecular weight excluding hydrogens is 328 g/mol. The fraction of sp³-hybridized carbons (Fsp3) is 0.550. The number of benzene rings is 1. The van der Waals surface area contributed by atoms with Crippen molar-refractivity contribution in [2.75, 3.05) is 26.7 Å². The van der Waals surface area contributed by atoms with Gasteiger partial charge >= 0.3 is 0 Å². The molecule has 1 aliphatic heterocycles. The van der Waals surface area contributed by atoms with Crippen LogP contribution in [0.25, 0.3) is 11.3 Å². The van der Waals surface area contributed by atoms with E-state index in [0.717, 1.165) is 35.7 Å². The second-order valence-corrected chi connectivity index (χ2v) is 7.97. The summed E-state index contributed by atoms with van der Waals surface area (Å²) >= 11 is 0. The standard InChI is InChI=1S/C20H30N4O2/c1-20(2,3)24-13-16(11-21-9-15-10-22-12-18(15)25)19(23-24)14-6-5-7-17(8-14)26-4/h5-8,13,15,18,21-22,25H,9-12H2,1-4H3. The van der Waals surface area contributed by atoms with Crippen LogP contribution in [0.5, 0.6) is 5.75 Å². The molecule has 2 heterocycles. The van der Waals surface area contributed by atoms with Crippen LogP contribution in [0.3, 0.4) is 0 Å². The minimum Gasteiger partial charge on any atom is -0.497 e. The maximum atomic E-state index is 9.95. The molecule has 1 aliphatic rings. The van der Waals surface area contributed by atoms with Gasteiger partial charge in [-0.2, -0.15) is 5.10 Å². The molecule has 3 rings (SSSR count). The van der Waals surface area contributed by atoms with E-state index in [1.165, 1.54) is 0 Å². The van der Waals surface area contributed by atoms with Crippen LogP contribution < -0.4 is 15.4 Å². The van der Waals surface area contributed by atoms with E-state index in [4.69, 9.17) is 9.84 Å². The van der Waals surface area contributed by atoms with E-state index in [2.05, 4.69) is 43.7 Å². The molecule has 26 heavy (non-hydrogen) atoms. The minimum atomic E-state index is -0.266. The number of aliphatic hydroxyl groups is 1. The van der Waals surface area contributed by atoms with Crippen molar-refractivity contribution in [1.29, 1.82) is 0 Å². The molecule has 0 radical (unpaired) electrons. The normalized spacial score (nSPS) is 20.5. The second kappa shape index (κ2) is 7.78. The highest BCUT2D eigenvalue weighted by Gasteiger charge is 2.25. The molecule has 2 aromatic rings. The molecule has 6 nitrogen and oxygen atoms in total. The van der Waals surface area contributed by atoms with Gasteiger partial charge in [-0.25, -0.2) is 0 Å². The molecule has 0 amide bonds. The van der Waals surface area contributed by atoms with Crippen molar-refractivity contribution in [2.45, 2.75) is 39.0 Å². The summed E-state index contributed by atoms with van der Waals surface area (Å²) in [6, 6.07) is 8.01. The number of hydrogen-bond donors (Lipinski definition) is 3. The summed E-state index contributed by atoms with van der Waals surface area (Å²) in [5, 5.41) is 21.5. The van der Waals surface area contributed by atoms with E-state index in [-0.39, 0.29) is 17.6 Å². The van der Waals surface area contributed by atoms with Crippen molar-refractivity contribution >= 4 is 0 Å². The molecule has 1 aromatic carbocycles. The number of rotatable bonds is 6. The molecule has 2 unspecified atom stereocenters. The third kappa shape index (κ3) is 4.26. The third-order valence-corrected chi connectivity index (χ3v) is 4.85. The Morgan fingerprint density at radius 3 is 2.81 bits per heavy atom. The Morgan fingerprint density at radius 2 is 2.15 bits per heavy atom. The first-order chi connectivity index (χ1) is 12.4. The molecule has 0 saturated carbocycles. The van der Waals surface area contributed by atoms with Crippen LogP contribution in [-0.2, 0) is 12.1 Å². The SMILES string of the molecule is COc1cccc(-c2nn(C(C)(C)C)cc2CNCC2CNCC2O)c1. The molecule has 0 aliphatic carbocycles. The van der Waals surface area contributed by atoms with Gasteiger partial charge in [-0.05, 0) is 32.9 Å². The van der Waals surface area contributed by atoms with Gasteiger partial charge in [-0.3, -0.25) is 4.68 Å².